The van der Waals surface area contributed by atoms with Crippen LogP contribution in [0.3, 0.4) is 0 Å². The lowest BCUT2D eigenvalue weighted by molar-refractivity contribution is -0.131. The predicted octanol–water partition coefficient (Wildman–Crippen LogP) is 4.42. The van der Waals surface area contributed by atoms with E-state index in [1.54, 1.807) is 40.2 Å². The Labute approximate surface area is 199 Å². The highest BCUT2D eigenvalue weighted by molar-refractivity contribution is 7.18. The maximum atomic E-state index is 13.8. The van der Waals surface area contributed by atoms with Gasteiger partial charge < -0.3 is 9.32 Å². The second-order valence-corrected chi connectivity index (χ2v) is 10.2. The molecule has 0 unspecified atom stereocenters. The van der Waals surface area contributed by atoms with E-state index in [1.807, 2.05) is 29.0 Å². The SMILES string of the molecule is CN(Cc1ccco1)C(=O)Cn1c(CN2CCCCC2)nc2scc(-c3cccs3)c2c1=O. The molecule has 0 atom stereocenters. The molecule has 172 valence electrons. The summed E-state index contributed by atoms with van der Waals surface area (Å²) in [5.41, 5.74) is 0.758. The summed E-state index contributed by atoms with van der Waals surface area (Å²) < 4.78 is 6.96. The van der Waals surface area contributed by atoms with Crippen molar-refractivity contribution in [2.75, 3.05) is 20.1 Å². The van der Waals surface area contributed by atoms with Crippen molar-refractivity contribution >= 4 is 38.8 Å². The molecule has 0 radical (unpaired) electrons. The van der Waals surface area contributed by atoms with Crippen LogP contribution in [0.1, 0.15) is 30.8 Å². The van der Waals surface area contributed by atoms with Gasteiger partial charge in [-0.1, -0.05) is 12.5 Å². The minimum atomic E-state index is -0.151. The minimum Gasteiger partial charge on any atom is -0.467 e. The molecule has 0 saturated carbocycles. The van der Waals surface area contributed by atoms with Gasteiger partial charge in [0.15, 0.2) is 0 Å². The number of piperidine rings is 1. The van der Waals surface area contributed by atoms with E-state index >= 15 is 0 Å². The molecule has 1 aliphatic heterocycles. The first-order chi connectivity index (χ1) is 16.1. The molecular formula is C24H26N4O3S2. The Kier molecular flexibility index (Phi) is 6.43. The predicted molar refractivity (Wildman–Crippen MR) is 132 cm³/mol. The lowest BCUT2D eigenvalue weighted by atomic mass is 10.1. The summed E-state index contributed by atoms with van der Waals surface area (Å²) in [6.07, 6.45) is 5.13. The molecule has 1 fully saturated rings. The van der Waals surface area contributed by atoms with Crippen molar-refractivity contribution in [3.8, 4) is 10.4 Å². The molecule has 7 nitrogen and oxygen atoms in total. The normalized spacial score (nSPS) is 14.7. The van der Waals surface area contributed by atoms with Gasteiger partial charge in [0, 0.05) is 22.9 Å². The number of likely N-dealkylation sites (N-methyl/N-ethyl adjacent to an activating group) is 1. The highest BCUT2D eigenvalue weighted by atomic mass is 32.1. The number of hydrogen-bond acceptors (Lipinski definition) is 7. The van der Waals surface area contributed by atoms with Crippen LogP contribution in [0.2, 0.25) is 0 Å². The monoisotopic (exact) mass is 482 g/mol. The van der Waals surface area contributed by atoms with E-state index in [2.05, 4.69) is 4.90 Å². The van der Waals surface area contributed by atoms with E-state index in [0.717, 1.165) is 41.2 Å². The summed E-state index contributed by atoms with van der Waals surface area (Å²) in [5, 5.41) is 4.61. The molecule has 1 saturated heterocycles. The summed E-state index contributed by atoms with van der Waals surface area (Å²) in [6.45, 7) is 2.88. The number of likely N-dealkylation sites (tertiary alicyclic amines) is 1. The van der Waals surface area contributed by atoms with E-state index in [0.29, 0.717) is 30.1 Å². The van der Waals surface area contributed by atoms with Crippen LogP contribution in [-0.4, -0.2) is 45.4 Å². The van der Waals surface area contributed by atoms with Gasteiger partial charge in [0.2, 0.25) is 5.91 Å². The van der Waals surface area contributed by atoms with Gasteiger partial charge in [-0.2, -0.15) is 0 Å². The van der Waals surface area contributed by atoms with Crippen molar-refractivity contribution in [1.82, 2.24) is 19.4 Å². The van der Waals surface area contributed by atoms with Crippen LogP contribution in [0.4, 0.5) is 0 Å². The lowest BCUT2D eigenvalue weighted by Crippen LogP contribution is -2.38. The van der Waals surface area contributed by atoms with E-state index in [9.17, 15) is 9.59 Å². The van der Waals surface area contributed by atoms with Gasteiger partial charge in [0.05, 0.1) is 24.7 Å². The third-order valence-electron chi connectivity index (χ3n) is 6.07. The maximum absolute atomic E-state index is 13.8. The molecule has 33 heavy (non-hydrogen) atoms. The molecule has 9 heteroatoms. The summed E-state index contributed by atoms with van der Waals surface area (Å²) in [6, 6.07) is 7.63. The highest BCUT2D eigenvalue weighted by Gasteiger charge is 2.22. The fourth-order valence-corrected chi connectivity index (χ4v) is 6.03. The molecule has 0 N–H and O–H groups in total. The molecule has 5 heterocycles. The van der Waals surface area contributed by atoms with Crippen LogP contribution in [0.25, 0.3) is 20.7 Å². The standard InChI is InChI=1S/C24H26N4O3S2/c1-26(13-17-7-5-11-31-17)21(29)15-28-20(14-27-9-3-2-4-10-27)25-23-22(24(28)30)18(16-33-23)19-8-6-12-32-19/h5-8,11-12,16H,2-4,9-10,13-15H2,1H3. The molecule has 0 bridgehead atoms. The molecular weight excluding hydrogens is 456 g/mol. The molecule has 1 amide bonds. The number of fused-ring (bicyclic) bond motifs is 1. The molecule has 4 aromatic heterocycles. The molecule has 0 aliphatic carbocycles. The van der Waals surface area contributed by atoms with Gasteiger partial charge in [0.25, 0.3) is 5.56 Å². The summed E-state index contributed by atoms with van der Waals surface area (Å²) >= 11 is 3.10. The maximum Gasteiger partial charge on any atom is 0.263 e. The molecule has 0 aromatic carbocycles. The van der Waals surface area contributed by atoms with Gasteiger partial charge in [-0.05, 0) is 49.5 Å². The molecule has 4 aromatic rings. The summed E-state index contributed by atoms with van der Waals surface area (Å²) in [5.74, 6) is 1.22. The first-order valence-corrected chi connectivity index (χ1v) is 12.9. The van der Waals surface area contributed by atoms with Crippen LogP contribution >= 0.6 is 22.7 Å². The Morgan fingerprint density at radius 1 is 1.18 bits per heavy atom. The van der Waals surface area contributed by atoms with Crippen LogP contribution < -0.4 is 5.56 Å². The van der Waals surface area contributed by atoms with Crippen LogP contribution in [0.5, 0.6) is 0 Å². The minimum absolute atomic E-state index is 0.0398. The Morgan fingerprint density at radius 3 is 2.76 bits per heavy atom. The first-order valence-electron chi connectivity index (χ1n) is 11.1. The number of hydrogen-bond donors (Lipinski definition) is 0. The van der Waals surface area contributed by atoms with Crippen molar-refractivity contribution in [3.63, 3.8) is 0 Å². The van der Waals surface area contributed by atoms with Gasteiger partial charge in [-0.15, -0.1) is 22.7 Å². The van der Waals surface area contributed by atoms with Gasteiger partial charge in [-0.3, -0.25) is 19.1 Å². The Bertz CT molecular complexity index is 1290. The third-order valence-corrected chi connectivity index (χ3v) is 7.84. The van der Waals surface area contributed by atoms with Gasteiger partial charge in [-0.25, -0.2) is 4.98 Å². The van der Waals surface area contributed by atoms with E-state index in [-0.39, 0.29) is 18.0 Å². The number of aromatic nitrogens is 2. The lowest BCUT2D eigenvalue weighted by Gasteiger charge is -2.27. The number of carbonyl (C=O) groups excluding carboxylic acids is 1. The topological polar surface area (TPSA) is 71.6 Å². The Balaban J connectivity index is 1.52. The van der Waals surface area contributed by atoms with Crippen molar-refractivity contribution in [2.45, 2.75) is 38.9 Å². The van der Waals surface area contributed by atoms with Crippen LogP contribution in [-0.2, 0) is 24.4 Å². The smallest absolute Gasteiger partial charge is 0.263 e. The summed E-state index contributed by atoms with van der Waals surface area (Å²) in [4.78, 5) is 37.5. The van der Waals surface area contributed by atoms with Crippen molar-refractivity contribution in [1.29, 1.82) is 0 Å². The zero-order valence-electron chi connectivity index (χ0n) is 18.5. The van der Waals surface area contributed by atoms with Gasteiger partial charge in [0.1, 0.15) is 23.0 Å². The second-order valence-electron chi connectivity index (χ2n) is 8.39. The molecule has 5 rings (SSSR count). The van der Waals surface area contributed by atoms with E-state index < -0.39 is 0 Å². The number of amides is 1. The zero-order chi connectivity index (χ0) is 22.8. The van der Waals surface area contributed by atoms with Crippen LogP contribution in [0.15, 0.2) is 50.5 Å². The quantitative estimate of drug-likeness (QED) is 0.390. The second kappa shape index (κ2) is 9.62. The average molecular weight is 483 g/mol. The molecule has 0 spiro atoms. The number of thiophene rings is 2. The molecule has 1 aliphatic rings. The number of carbonyl (C=O) groups is 1. The first kappa shape index (κ1) is 22.1. The van der Waals surface area contributed by atoms with Gasteiger partial charge >= 0.3 is 0 Å². The van der Waals surface area contributed by atoms with E-state index in [1.165, 1.54) is 17.8 Å². The van der Waals surface area contributed by atoms with Crippen molar-refractivity contribution in [3.05, 3.63) is 63.2 Å². The Morgan fingerprint density at radius 2 is 2.03 bits per heavy atom. The number of furan rings is 1. The van der Waals surface area contributed by atoms with Crippen molar-refractivity contribution in [2.24, 2.45) is 0 Å². The summed E-state index contributed by atoms with van der Waals surface area (Å²) in [7, 11) is 1.73. The average Bonchev–Trinajstić information content (AvgIpc) is 3.58. The van der Waals surface area contributed by atoms with E-state index in [4.69, 9.17) is 9.40 Å². The number of nitrogens with zero attached hydrogens (tertiary/aromatic N) is 4. The Hall–Kier alpha value is -2.75. The largest absolute Gasteiger partial charge is 0.467 e. The van der Waals surface area contributed by atoms with Crippen molar-refractivity contribution < 1.29 is 9.21 Å². The van der Waals surface area contributed by atoms with Crippen LogP contribution in [0, 0.1) is 0 Å². The number of rotatable bonds is 7. The third kappa shape index (κ3) is 4.66. The fourth-order valence-electron chi connectivity index (χ4n) is 4.26. The fraction of sp³-hybridized carbons (Fsp3) is 0.375. The zero-order valence-corrected chi connectivity index (χ0v) is 20.2. The highest BCUT2D eigenvalue weighted by Crippen LogP contribution is 2.34.